The minimum atomic E-state index is -0.673. The predicted molar refractivity (Wildman–Crippen MR) is 72.5 cm³/mol. The Morgan fingerprint density at radius 3 is 2.42 bits per heavy atom. The normalized spacial score (nSPS) is 11.8. The summed E-state index contributed by atoms with van der Waals surface area (Å²) in [5.74, 6) is -0.579. The lowest BCUT2D eigenvalue weighted by atomic mass is 9.97. The van der Waals surface area contributed by atoms with E-state index in [2.05, 4.69) is 5.10 Å². The summed E-state index contributed by atoms with van der Waals surface area (Å²) in [6.07, 6.45) is 0. The van der Waals surface area contributed by atoms with Crippen LogP contribution in [0.1, 0.15) is 26.7 Å². The topological polar surface area (TPSA) is 68.3 Å². The van der Waals surface area contributed by atoms with Crippen LogP contribution in [0.15, 0.2) is 21.3 Å². The van der Waals surface area contributed by atoms with E-state index in [4.69, 9.17) is 27.6 Å². The number of phenolic OH excluding ortho intramolecular Hbond substituents is 1. The number of aromatic nitrogens is 2. The fourth-order valence-electron chi connectivity index (χ4n) is 1.42. The molecule has 0 bridgehead atoms. The second-order valence-electron chi connectivity index (χ2n) is 5.09. The van der Waals surface area contributed by atoms with Crippen LogP contribution in [-0.2, 0) is 5.41 Å². The molecular weight excluding hydrogens is 291 g/mol. The van der Waals surface area contributed by atoms with Crippen molar-refractivity contribution in [3.63, 3.8) is 0 Å². The van der Waals surface area contributed by atoms with Crippen molar-refractivity contribution >= 4 is 23.2 Å². The number of halogens is 2. The van der Waals surface area contributed by atoms with Crippen LogP contribution in [0.4, 0.5) is 0 Å². The fourth-order valence-corrected chi connectivity index (χ4v) is 1.89. The van der Waals surface area contributed by atoms with Gasteiger partial charge in [0, 0.05) is 11.5 Å². The van der Waals surface area contributed by atoms with Crippen LogP contribution in [0, 0.1) is 0 Å². The standard InChI is InChI=1S/C12H12Cl2N2O3/c1-12(2,3)10-15-16(11(18)19-10)8-5-9(17)7(14)4-6(8)13/h4-5,17H,1-3H3. The predicted octanol–water partition coefficient (Wildman–Crippen LogP) is 3.14. The molecule has 0 aliphatic rings. The lowest BCUT2D eigenvalue weighted by Crippen LogP contribution is -2.14. The van der Waals surface area contributed by atoms with Crippen molar-refractivity contribution in [1.82, 2.24) is 9.78 Å². The zero-order valence-corrected chi connectivity index (χ0v) is 12.1. The molecule has 19 heavy (non-hydrogen) atoms. The number of hydrogen-bond acceptors (Lipinski definition) is 4. The third-order valence-corrected chi connectivity index (χ3v) is 3.04. The Morgan fingerprint density at radius 2 is 1.89 bits per heavy atom. The van der Waals surface area contributed by atoms with Gasteiger partial charge in [-0.25, -0.2) is 4.79 Å². The lowest BCUT2D eigenvalue weighted by Gasteiger charge is -2.11. The van der Waals surface area contributed by atoms with Gasteiger partial charge in [0.15, 0.2) is 0 Å². The maximum absolute atomic E-state index is 11.8. The van der Waals surface area contributed by atoms with Crippen molar-refractivity contribution in [3.8, 4) is 11.4 Å². The minimum Gasteiger partial charge on any atom is -0.506 e. The first-order valence-corrected chi connectivity index (χ1v) is 6.25. The van der Waals surface area contributed by atoms with Gasteiger partial charge in [0.1, 0.15) is 5.75 Å². The number of hydrogen-bond donors (Lipinski definition) is 1. The maximum atomic E-state index is 11.8. The van der Waals surface area contributed by atoms with E-state index >= 15 is 0 Å². The first kappa shape index (κ1) is 14.0. The number of phenols is 1. The second kappa shape index (κ2) is 4.58. The Bertz CT molecular complexity index is 683. The van der Waals surface area contributed by atoms with E-state index in [1.165, 1.54) is 12.1 Å². The zero-order chi connectivity index (χ0) is 14.4. The Labute approximate surface area is 119 Å². The van der Waals surface area contributed by atoms with Gasteiger partial charge in [0.25, 0.3) is 0 Å². The van der Waals surface area contributed by atoms with E-state index < -0.39 is 11.2 Å². The molecule has 0 fully saturated rings. The van der Waals surface area contributed by atoms with Gasteiger partial charge in [0.2, 0.25) is 5.89 Å². The van der Waals surface area contributed by atoms with Crippen molar-refractivity contribution < 1.29 is 9.52 Å². The van der Waals surface area contributed by atoms with E-state index in [9.17, 15) is 9.90 Å². The average Bonchev–Trinajstić information content (AvgIpc) is 2.65. The molecule has 1 N–H and O–H groups in total. The van der Waals surface area contributed by atoms with Crippen LogP contribution in [0.25, 0.3) is 5.69 Å². The Kier molecular flexibility index (Phi) is 3.36. The molecule has 1 aromatic heterocycles. The first-order valence-electron chi connectivity index (χ1n) is 5.49. The number of rotatable bonds is 1. The molecule has 1 aromatic carbocycles. The SMILES string of the molecule is CC(C)(C)c1nn(-c2cc(O)c(Cl)cc2Cl)c(=O)o1. The number of nitrogens with zero attached hydrogens (tertiary/aromatic N) is 2. The van der Waals surface area contributed by atoms with Crippen LogP contribution < -0.4 is 5.76 Å². The third kappa shape index (κ3) is 2.62. The Balaban J connectivity index is 2.64. The molecule has 0 aliphatic carbocycles. The van der Waals surface area contributed by atoms with Crippen LogP contribution >= 0.6 is 23.2 Å². The molecule has 7 heteroatoms. The summed E-state index contributed by atoms with van der Waals surface area (Å²) in [5, 5.41) is 14.0. The van der Waals surface area contributed by atoms with Gasteiger partial charge in [-0.2, -0.15) is 4.68 Å². The molecule has 0 radical (unpaired) electrons. The lowest BCUT2D eigenvalue weighted by molar-refractivity contribution is 0.375. The average molecular weight is 303 g/mol. The van der Waals surface area contributed by atoms with Crippen molar-refractivity contribution in [2.24, 2.45) is 0 Å². The van der Waals surface area contributed by atoms with Crippen LogP contribution in [0.5, 0.6) is 5.75 Å². The Morgan fingerprint density at radius 1 is 1.26 bits per heavy atom. The summed E-state index contributed by atoms with van der Waals surface area (Å²) < 4.78 is 6.08. The summed E-state index contributed by atoms with van der Waals surface area (Å²) in [7, 11) is 0. The largest absolute Gasteiger partial charge is 0.506 e. The molecule has 2 aromatic rings. The van der Waals surface area contributed by atoms with Crippen molar-refractivity contribution in [3.05, 3.63) is 38.6 Å². The number of aromatic hydroxyl groups is 1. The van der Waals surface area contributed by atoms with Gasteiger partial charge < -0.3 is 9.52 Å². The highest BCUT2D eigenvalue weighted by Gasteiger charge is 2.24. The van der Waals surface area contributed by atoms with Crippen LogP contribution in [0.2, 0.25) is 10.0 Å². The monoisotopic (exact) mass is 302 g/mol. The van der Waals surface area contributed by atoms with E-state index in [-0.39, 0.29) is 27.4 Å². The van der Waals surface area contributed by atoms with E-state index in [0.717, 1.165) is 4.68 Å². The highest BCUT2D eigenvalue weighted by molar-refractivity contribution is 6.36. The highest BCUT2D eigenvalue weighted by Crippen LogP contribution is 2.31. The summed E-state index contributed by atoms with van der Waals surface area (Å²) in [6, 6.07) is 2.60. The van der Waals surface area contributed by atoms with Crippen LogP contribution in [-0.4, -0.2) is 14.9 Å². The molecule has 0 aliphatic heterocycles. The van der Waals surface area contributed by atoms with Gasteiger partial charge in [-0.3, -0.25) is 0 Å². The molecule has 0 spiro atoms. The van der Waals surface area contributed by atoms with Crippen molar-refractivity contribution in [2.45, 2.75) is 26.2 Å². The van der Waals surface area contributed by atoms with Crippen molar-refractivity contribution in [1.29, 1.82) is 0 Å². The van der Waals surface area contributed by atoms with Gasteiger partial charge in [-0.1, -0.05) is 44.0 Å². The smallest absolute Gasteiger partial charge is 0.442 e. The van der Waals surface area contributed by atoms with Crippen molar-refractivity contribution in [2.75, 3.05) is 0 Å². The highest BCUT2D eigenvalue weighted by atomic mass is 35.5. The van der Waals surface area contributed by atoms with Gasteiger partial charge in [0.05, 0.1) is 15.7 Å². The van der Waals surface area contributed by atoms with E-state index in [1.54, 1.807) is 0 Å². The molecule has 0 atom stereocenters. The van der Waals surface area contributed by atoms with Crippen LogP contribution in [0.3, 0.4) is 0 Å². The quantitative estimate of drug-likeness (QED) is 0.878. The summed E-state index contributed by atoms with van der Waals surface area (Å²) in [4.78, 5) is 11.8. The maximum Gasteiger partial charge on any atom is 0.442 e. The molecule has 5 nitrogen and oxygen atoms in total. The Hall–Kier alpha value is -1.46. The molecule has 0 unspecified atom stereocenters. The second-order valence-corrected chi connectivity index (χ2v) is 5.90. The fraction of sp³-hybridized carbons (Fsp3) is 0.333. The molecule has 1 heterocycles. The molecular formula is C12H12Cl2N2O3. The van der Waals surface area contributed by atoms with Gasteiger partial charge >= 0.3 is 5.76 Å². The molecule has 0 amide bonds. The minimum absolute atomic E-state index is 0.0985. The number of benzene rings is 1. The third-order valence-electron chi connectivity index (χ3n) is 2.43. The van der Waals surface area contributed by atoms with E-state index in [1.807, 2.05) is 20.8 Å². The summed E-state index contributed by atoms with van der Waals surface area (Å²) in [6.45, 7) is 5.59. The summed E-state index contributed by atoms with van der Waals surface area (Å²) in [5.41, 5.74) is -0.196. The first-order chi connectivity index (χ1) is 8.70. The molecule has 102 valence electrons. The van der Waals surface area contributed by atoms with Gasteiger partial charge in [-0.15, -0.1) is 5.10 Å². The summed E-state index contributed by atoms with van der Waals surface area (Å²) >= 11 is 11.7. The molecule has 0 saturated carbocycles. The van der Waals surface area contributed by atoms with E-state index in [0.29, 0.717) is 0 Å². The molecule has 2 rings (SSSR count). The van der Waals surface area contributed by atoms with Gasteiger partial charge in [-0.05, 0) is 6.07 Å². The zero-order valence-electron chi connectivity index (χ0n) is 10.6. The molecule has 0 saturated heterocycles.